The second-order valence-corrected chi connectivity index (χ2v) is 5.90. The van der Waals surface area contributed by atoms with Crippen molar-refractivity contribution in [2.24, 2.45) is 0 Å². The minimum Gasteiger partial charge on any atom is -0.482 e. The average Bonchev–Trinajstić information content (AvgIpc) is 2.53. The molecule has 0 aliphatic heterocycles. The number of carbonyl (C=O) groups is 1. The minimum atomic E-state index is -4.27. The van der Waals surface area contributed by atoms with Gasteiger partial charge in [-0.05, 0) is 42.0 Å². The first-order valence-electron chi connectivity index (χ1n) is 6.52. The molecule has 0 amide bonds. The highest BCUT2D eigenvalue weighted by Gasteiger charge is 2.11. The molecule has 6 nitrogen and oxygen atoms in total. The van der Waals surface area contributed by atoms with Crippen LogP contribution >= 0.6 is 0 Å². The van der Waals surface area contributed by atoms with Crippen LogP contribution in [0.15, 0.2) is 60.0 Å². The van der Waals surface area contributed by atoms with Gasteiger partial charge in [0.25, 0.3) is 10.1 Å². The summed E-state index contributed by atoms with van der Waals surface area (Å²) in [4.78, 5) is 11.4. The number of rotatable bonds is 6. The van der Waals surface area contributed by atoms with Gasteiger partial charge in [0.05, 0.1) is 4.90 Å². The first-order valence-corrected chi connectivity index (χ1v) is 7.96. The lowest BCUT2D eigenvalue weighted by atomic mass is 10.2. The number of carbonyl (C=O) groups excluding carboxylic acids is 1. The topological polar surface area (TPSA) is 89.9 Å². The average molecular weight is 334 g/mol. The summed E-state index contributed by atoms with van der Waals surface area (Å²) in [5, 5.41) is 0. The van der Waals surface area contributed by atoms with Crippen LogP contribution in [0.3, 0.4) is 0 Å². The lowest BCUT2D eigenvalue weighted by Crippen LogP contribution is -2.17. The number of esters is 1. The van der Waals surface area contributed by atoms with Crippen LogP contribution in [0.5, 0.6) is 11.5 Å². The predicted octanol–water partition coefficient (Wildman–Crippen LogP) is 2.56. The molecule has 0 aliphatic carbocycles. The van der Waals surface area contributed by atoms with E-state index in [1.54, 1.807) is 30.3 Å². The van der Waals surface area contributed by atoms with Crippen molar-refractivity contribution < 1.29 is 27.2 Å². The Balaban J connectivity index is 1.90. The highest BCUT2D eigenvalue weighted by Crippen LogP contribution is 2.16. The summed E-state index contributed by atoms with van der Waals surface area (Å²) in [6, 6.07) is 11.8. The molecule has 0 aliphatic rings. The molecule has 120 valence electrons. The molecule has 0 heterocycles. The van der Waals surface area contributed by atoms with Crippen molar-refractivity contribution in [2.75, 3.05) is 6.61 Å². The molecular weight excluding hydrogens is 320 g/mol. The molecule has 2 rings (SSSR count). The summed E-state index contributed by atoms with van der Waals surface area (Å²) in [6.07, 6.45) is 1.69. The molecule has 23 heavy (non-hydrogen) atoms. The first kappa shape index (κ1) is 16.7. The maximum atomic E-state index is 11.7. The van der Waals surface area contributed by atoms with Gasteiger partial charge in [0.1, 0.15) is 11.5 Å². The van der Waals surface area contributed by atoms with E-state index in [-0.39, 0.29) is 17.3 Å². The molecule has 0 bridgehead atoms. The highest BCUT2D eigenvalue weighted by molar-refractivity contribution is 7.85. The highest BCUT2D eigenvalue weighted by atomic mass is 32.2. The van der Waals surface area contributed by atoms with E-state index in [0.29, 0.717) is 5.75 Å². The van der Waals surface area contributed by atoms with Gasteiger partial charge >= 0.3 is 5.97 Å². The second kappa shape index (κ2) is 7.08. The largest absolute Gasteiger partial charge is 0.482 e. The van der Waals surface area contributed by atoms with Crippen LogP contribution in [0.2, 0.25) is 0 Å². The molecular formula is C16H14O6S. The van der Waals surface area contributed by atoms with Gasteiger partial charge in [0, 0.05) is 0 Å². The Bertz CT molecular complexity index is 791. The fourth-order valence-electron chi connectivity index (χ4n) is 1.68. The Labute approximate surface area is 133 Å². The van der Waals surface area contributed by atoms with Crippen LogP contribution in [-0.4, -0.2) is 25.5 Å². The Morgan fingerprint density at radius 3 is 2.13 bits per heavy atom. The Morgan fingerprint density at radius 1 is 1.04 bits per heavy atom. The molecule has 0 fully saturated rings. The van der Waals surface area contributed by atoms with Crippen molar-refractivity contribution in [3.63, 3.8) is 0 Å². The Hall–Kier alpha value is -2.64. The van der Waals surface area contributed by atoms with Gasteiger partial charge in [-0.25, -0.2) is 4.79 Å². The summed E-state index contributed by atoms with van der Waals surface area (Å²) < 4.78 is 40.9. The molecule has 1 N–H and O–H groups in total. The van der Waals surface area contributed by atoms with Gasteiger partial charge in [-0.1, -0.05) is 24.8 Å². The Kier molecular flexibility index (Phi) is 5.15. The van der Waals surface area contributed by atoms with Crippen LogP contribution < -0.4 is 9.47 Å². The van der Waals surface area contributed by atoms with E-state index in [0.717, 1.165) is 17.7 Å². The zero-order valence-electron chi connectivity index (χ0n) is 12.0. The van der Waals surface area contributed by atoms with E-state index in [2.05, 4.69) is 6.58 Å². The van der Waals surface area contributed by atoms with E-state index in [1.165, 1.54) is 12.1 Å². The number of ether oxygens (including phenoxy) is 2. The molecule has 0 spiro atoms. The van der Waals surface area contributed by atoms with E-state index >= 15 is 0 Å². The predicted molar refractivity (Wildman–Crippen MR) is 83.9 cm³/mol. The molecule has 0 atom stereocenters. The zero-order valence-corrected chi connectivity index (χ0v) is 12.8. The van der Waals surface area contributed by atoms with Gasteiger partial charge in [-0.2, -0.15) is 8.42 Å². The standard InChI is InChI=1S/C16H14O6S/c1-2-12-3-5-13(6-4-12)21-11-16(17)22-14-7-9-15(10-8-14)23(18,19)20/h2-10H,1,11H2,(H,18,19,20). The molecule has 0 aromatic heterocycles. The molecule has 0 unspecified atom stereocenters. The summed E-state index contributed by atoms with van der Waals surface area (Å²) in [5.74, 6) is 0.0136. The van der Waals surface area contributed by atoms with Crippen molar-refractivity contribution in [1.29, 1.82) is 0 Å². The molecule has 2 aromatic carbocycles. The third-order valence-electron chi connectivity index (χ3n) is 2.83. The van der Waals surface area contributed by atoms with Crippen LogP contribution in [0.25, 0.3) is 6.08 Å². The number of hydrogen-bond acceptors (Lipinski definition) is 5. The van der Waals surface area contributed by atoms with Crippen LogP contribution in [-0.2, 0) is 14.9 Å². The lowest BCUT2D eigenvalue weighted by molar-refractivity contribution is -0.136. The summed E-state index contributed by atoms with van der Waals surface area (Å²) >= 11 is 0. The smallest absolute Gasteiger partial charge is 0.349 e. The monoisotopic (exact) mass is 334 g/mol. The SMILES string of the molecule is C=Cc1ccc(OCC(=O)Oc2ccc(S(=O)(=O)O)cc2)cc1. The molecule has 2 aromatic rings. The van der Waals surface area contributed by atoms with E-state index in [4.69, 9.17) is 14.0 Å². The minimum absolute atomic E-state index is 0.146. The molecule has 0 radical (unpaired) electrons. The van der Waals surface area contributed by atoms with Crippen LogP contribution in [0.1, 0.15) is 5.56 Å². The molecule has 0 saturated carbocycles. The van der Waals surface area contributed by atoms with Gasteiger partial charge < -0.3 is 9.47 Å². The van der Waals surface area contributed by atoms with Gasteiger partial charge in [-0.3, -0.25) is 4.55 Å². The van der Waals surface area contributed by atoms with Crippen molar-refractivity contribution in [1.82, 2.24) is 0 Å². The van der Waals surface area contributed by atoms with E-state index in [1.807, 2.05) is 0 Å². The quantitative estimate of drug-likeness (QED) is 0.496. The first-order chi connectivity index (χ1) is 10.9. The fourth-order valence-corrected chi connectivity index (χ4v) is 2.16. The third-order valence-corrected chi connectivity index (χ3v) is 3.69. The summed E-state index contributed by atoms with van der Waals surface area (Å²) in [7, 11) is -4.27. The number of hydrogen-bond donors (Lipinski definition) is 1. The molecule has 0 saturated heterocycles. The van der Waals surface area contributed by atoms with E-state index in [9.17, 15) is 13.2 Å². The van der Waals surface area contributed by atoms with Crippen molar-refractivity contribution >= 4 is 22.2 Å². The van der Waals surface area contributed by atoms with Crippen molar-refractivity contribution in [2.45, 2.75) is 4.90 Å². The number of benzene rings is 2. The van der Waals surface area contributed by atoms with Gasteiger partial charge in [-0.15, -0.1) is 0 Å². The normalized spacial score (nSPS) is 10.8. The fraction of sp³-hybridized carbons (Fsp3) is 0.0625. The molecule has 7 heteroatoms. The van der Waals surface area contributed by atoms with Gasteiger partial charge in [0.2, 0.25) is 0 Å². The third kappa shape index (κ3) is 4.94. The maximum Gasteiger partial charge on any atom is 0.349 e. The van der Waals surface area contributed by atoms with Gasteiger partial charge in [0.15, 0.2) is 6.61 Å². The van der Waals surface area contributed by atoms with Crippen LogP contribution in [0, 0.1) is 0 Å². The Morgan fingerprint density at radius 2 is 1.61 bits per heavy atom. The zero-order chi connectivity index (χ0) is 16.9. The van der Waals surface area contributed by atoms with Crippen molar-refractivity contribution in [3.05, 3.63) is 60.7 Å². The van der Waals surface area contributed by atoms with Crippen LogP contribution in [0.4, 0.5) is 0 Å². The second-order valence-electron chi connectivity index (χ2n) is 4.48. The van der Waals surface area contributed by atoms with Crippen molar-refractivity contribution in [3.8, 4) is 11.5 Å². The lowest BCUT2D eigenvalue weighted by Gasteiger charge is -2.07. The summed E-state index contributed by atoms with van der Waals surface area (Å²) in [5.41, 5.74) is 0.929. The summed E-state index contributed by atoms with van der Waals surface area (Å²) in [6.45, 7) is 3.34. The van der Waals surface area contributed by atoms with E-state index < -0.39 is 16.1 Å². The maximum absolute atomic E-state index is 11.7.